The fraction of sp³-hybridized carbons (Fsp3) is 0.907. The van der Waals surface area contributed by atoms with Crippen LogP contribution >= 0.6 is 0 Å². The van der Waals surface area contributed by atoms with Gasteiger partial charge >= 0.3 is 12.4 Å². The van der Waals surface area contributed by atoms with Gasteiger partial charge < -0.3 is 8.83 Å². The standard InChI is InChI=1S/C43H62F6N4O2/c44-42(45,46)41(43(47,48)49,35-23-19-33(20-24-35)39-52-50-37(54-39)31-15-11-29(12-16-31)27-7-3-1-4-8-27)36-25-21-34(22-26-36)40-53-51-38(55-40)32-17-13-30(14-18-32)28-9-5-2-6-10-28/h27-36H,1-26H2. The molecule has 0 spiro atoms. The maximum absolute atomic E-state index is 15.2. The molecule has 0 saturated heterocycles. The van der Waals surface area contributed by atoms with Crippen molar-refractivity contribution in [3.63, 3.8) is 0 Å². The van der Waals surface area contributed by atoms with E-state index in [1.54, 1.807) is 0 Å². The molecule has 12 heteroatoms. The molecule has 6 saturated carbocycles. The monoisotopic (exact) mass is 780 g/mol. The molecule has 6 fully saturated rings. The summed E-state index contributed by atoms with van der Waals surface area (Å²) in [6.07, 6.45) is 11.0. The molecule has 0 N–H and O–H groups in total. The topological polar surface area (TPSA) is 77.8 Å². The number of nitrogens with zero attached hydrogens (tertiary/aromatic N) is 4. The van der Waals surface area contributed by atoms with E-state index in [0.717, 1.165) is 75.0 Å². The van der Waals surface area contributed by atoms with E-state index in [1.807, 2.05) is 0 Å². The molecule has 6 nitrogen and oxygen atoms in total. The summed E-state index contributed by atoms with van der Waals surface area (Å²) in [5.74, 6) is 1.70. The summed E-state index contributed by atoms with van der Waals surface area (Å²) in [5, 5.41) is 17.3. The van der Waals surface area contributed by atoms with Crippen molar-refractivity contribution in [2.24, 2.45) is 40.9 Å². The number of rotatable bonds is 8. The van der Waals surface area contributed by atoms with E-state index < -0.39 is 29.6 Å². The van der Waals surface area contributed by atoms with Gasteiger partial charge in [0.05, 0.1) is 0 Å². The molecule has 2 aromatic heterocycles. The van der Waals surface area contributed by atoms with Crippen LogP contribution in [0.2, 0.25) is 0 Å². The summed E-state index contributed by atoms with van der Waals surface area (Å²) in [7, 11) is 0. The Morgan fingerprint density at radius 3 is 0.855 bits per heavy atom. The van der Waals surface area contributed by atoms with Gasteiger partial charge in [-0.2, -0.15) is 26.3 Å². The van der Waals surface area contributed by atoms with Gasteiger partial charge in [0.25, 0.3) is 0 Å². The summed E-state index contributed by atoms with van der Waals surface area (Å²) in [6, 6.07) is 0. The molecule has 6 aliphatic carbocycles. The highest BCUT2D eigenvalue weighted by molar-refractivity contribution is 5.09. The third kappa shape index (κ3) is 8.14. The molecule has 308 valence electrons. The van der Waals surface area contributed by atoms with Crippen LogP contribution in [0.1, 0.15) is 214 Å². The Labute approximate surface area is 322 Å². The third-order valence-corrected chi connectivity index (χ3v) is 16.2. The van der Waals surface area contributed by atoms with Gasteiger partial charge in [-0.15, -0.1) is 20.4 Å². The van der Waals surface area contributed by atoms with E-state index in [1.165, 1.54) is 64.2 Å². The molecule has 6 aliphatic rings. The maximum atomic E-state index is 15.2. The molecule has 0 radical (unpaired) electrons. The molecule has 0 amide bonds. The van der Waals surface area contributed by atoms with Crippen LogP contribution in [0, 0.1) is 40.9 Å². The van der Waals surface area contributed by atoms with Crippen molar-refractivity contribution in [1.29, 1.82) is 0 Å². The summed E-state index contributed by atoms with van der Waals surface area (Å²) >= 11 is 0. The number of hydrogen-bond acceptors (Lipinski definition) is 6. The van der Waals surface area contributed by atoms with Crippen molar-refractivity contribution >= 4 is 0 Å². The van der Waals surface area contributed by atoms with E-state index in [-0.39, 0.29) is 75.0 Å². The van der Waals surface area contributed by atoms with Crippen molar-refractivity contribution in [3.05, 3.63) is 23.6 Å². The van der Waals surface area contributed by atoms with Crippen LogP contribution < -0.4 is 0 Å². The molecule has 0 aromatic carbocycles. The van der Waals surface area contributed by atoms with Crippen molar-refractivity contribution in [2.75, 3.05) is 0 Å². The van der Waals surface area contributed by atoms with E-state index in [0.29, 0.717) is 23.6 Å². The van der Waals surface area contributed by atoms with Crippen LogP contribution in [-0.2, 0) is 0 Å². The van der Waals surface area contributed by atoms with Crippen LogP contribution in [-0.4, -0.2) is 32.7 Å². The zero-order valence-corrected chi connectivity index (χ0v) is 32.5. The molecular formula is C43H62F6N4O2. The van der Waals surface area contributed by atoms with E-state index in [9.17, 15) is 0 Å². The average molecular weight is 781 g/mol. The number of aromatic nitrogens is 4. The Morgan fingerprint density at radius 2 is 0.582 bits per heavy atom. The second-order valence-electron chi connectivity index (χ2n) is 18.9. The second-order valence-corrected chi connectivity index (χ2v) is 18.9. The fourth-order valence-electron chi connectivity index (χ4n) is 13.1. The van der Waals surface area contributed by atoms with Crippen LogP contribution in [0.3, 0.4) is 0 Å². The Kier molecular flexibility index (Phi) is 12.0. The van der Waals surface area contributed by atoms with Gasteiger partial charge in [0, 0.05) is 23.7 Å². The van der Waals surface area contributed by atoms with Gasteiger partial charge in [0.15, 0.2) is 5.41 Å². The number of halogens is 6. The Bertz CT molecular complexity index is 1380. The summed E-state index contributed by atoms with van der Waals surface area (Å²) in [6.45, 7) is 0. The van der Waals surface area contributed by atoms with Gasteiger partial charge in [-0.25, -0.2) is 0 Å². The van der Waals surface area contributed by atoms with E-state index in [4.69, 9.17) is 8.83 Å². The molecule has 2 heterocycles. The lowest BCUT2D eigenvalue weighted by Gasteiger charge is -2.51. The largest absolute Gasteiger partial charge is 0.425 e. The first-order chi connectivity index (χ1) is 26.5. The highest BCUT2D eigenvalue weighted by Crippen LogP contribution is 2.66. The average Bonchev–Trinajstić information content (AvgIpc) is 3.90. The van der Waals surface area contributed by atoms with Crippen molar-refractivity contribution in [1.82, 2.24) is 20.4 Å². The SMILES string of the molecule is FC(F)(F)C(C1CCC(c2nnc(C3CCC(C4CCCCC4)CC3)o2)CC1)(C1CCC(c2nnc(C3CCC(C4CCCCC4)CC3)o2)CC1)C(F)(F)F. The summed E-state index contributed by atoms with van der Waals surface area (Å²) < 4.78 is 103. The normalized spacial score (nSPS) is 34.1. The highest BCUT2D eigenvalue weighted by atomic mass is 19.4. The number of hydrogen-bond donors (Lipinski definition) is 0. The molecule has 8 rings (SSSR count). The van der Waals surface area contributed by atoms with Crippen molar-refractivity contribution < 1.29 is 35.2 Å². The smallest absolute Gasteiger partial charge is 0.403 e. The first-order valence-corrected chi connectivity index (χ1v) is 22.3. The molecular weight excluding hydrogens is 718 g/mol. The molecule has 55 heavy (non-hydrogen) atoms. The van der Waals surface area contributed by atoms with Crippen molar-refractivity contribution in [2.45, 2.75) is 203 Å². The molecule has 0 aliphatic heterocycles. The minimum absolute atomic E-state index is 0.177. The van der Waals surface area contributed by atoms with Gasteiger partial charge in [-0.1, -0.05) is 64.2 Å². The highest BCUT2D eigenvalue weighted by Gasteiger charge is 2.76. The first kappa shape index (κ1) is 39.7. The predicted molar refractivity (Wildman–Crippen MR) is 195 cm³/mol. The zero-order valence-electron chi connectivity index (χ0n) is 32.5. The summed E-state index contributed by atoms with van der Waals surface area (Å²) in [5.41, 5.74) is -3.76. The Morgan fingerprint density at radius 1 is 0.327 bits per heavy atom. The first-order valence-electron chi connectivity index (χ1n) is 22.3. The van der Waals surface area contributed by atoms with Gasteiger partial charge in [0.1, 0.15) is 0 Å². The maximum Gasteiger partial charge on any atom is 0.403 e. The van der Waals surface area contributed by atoms with Crippen LogP contribution in [0.5, 0.6) is 0 Å². The fourth-order valence-corrected chi connectivity index (χ4v) is 13.1. The molecule has 0 bridgehead atoms. The van der Waals surface area contributed by atoms with Gasteiger partial charge in [0.2, 0.25) is 23.6 Å². The van der Waals surface area contributed by atoms with Crippen molar-refractivity contribution in [3.8, 4) is 0 Å². The third-order valence-electron chi connectivity index (χ3n) is 16.2. The lowest BCUT2D eigenvalue weighted by molar-refractivity contribution is -0.381. The minimum atomic E-state index is -5.43. The number of alkyl halides is 6. The van der Waals surface area contributed by atoms with E-state index in [2.05, 4.69) is 20.4 Å². The Balaban J connectivity index is 0.873. The van der Waals surface area contributed by atoms with Crippen LogP contribution in [0.25, 0.3) is 0 Å². The lowest BCUT2D eigenvalue weighted by Crippen LogP contribution is -2.60. The minimum Gasteiger partial charge on any atom is -0.425 e. The predicted octanol–water partition coefficient (Wildman–Crippen LogP) is 13.5. The van der Waals surface area contributed by atoms with Crippen LogP contribution in [0.4, 0.5) is 26.3 Å². The van der Waals surface area contributed by atoms with Gasteiger partial charge in [-0.3, -0.25) is 0 Å². The molecule has 0 atom stereocenters. The molecule has 2 aromatic rings. The zero-order chi connectivity index (χ0) is 38.2. The quantitative estimate of drug-likeness (QED) is 0.248. The van der Waals surface area contributed by atoms with Crippen LogP contribution in [0.15, 0.2) is 8.83 Å². The molecule has 0 unspecified atom stereocenters. The summed E-state index contributed by atoms with van der Waals surface area (Å²) in [4.78, 5) is 0. The van der Waals surface area contributed by atoms with E-state index >= 15 is 26.3 Å². The Hall–Kier alpha value is -2.14. The van der Waals surface area contributed by atoms with Gasteiger partial charge in [-0.05, 0) is 138 Å². The lowest BCUT2D eigenvalue weighted by atomic mass is 9.56. The second kappa shape index (κ2) is 16.6.